The summed E-state index contributed by atoms with van der Waals surface area (Å²) in [6, 6.07) is 16.9. The maximum atomic E-state index is 12.6. The molecule has 4 heteroatoms. The molecule has 100 valence electrons. The molecule has 3 aromatic rings. The highest BCUT2D eigenvalue weighted by atomic mass is 16.3. The van der Waals surface area contributed by atoms with Crippen LogP contribution in [0.1, 0.15) is 15.9 Å². The van der Waals surface area contributed by atoms with Crippen LogP contribution in [0, 0.1) is 5.39 Å². The van der Waals surface area contributed by atoms with Gasteiger partial charge in [-0.25, -0.2) is 0 Å². The summed E-state index contributed by atoms with van der Waals surface area (Å²) in [6.45, 7) is 0. The molecule has 0 heterocycles. The number of nitrogens with zero attached hydrogens (tertiary/aromatic N) is 2. The van der Waals surface area contributed by atoms with E-state index in [1.54, 1.807) is 48.5 Å². The smallest absolute Gasteiger partial charge is 0.378 e. The molecule has 0 aliphatic heterocycles. The zero-order chi connectivity index (χ0) is 14.8. The number of hydrogen-bond donors (Lipinski definition) is 0. The highest BCUT2D eigenvalue weighted by molar-refractivity contribution is 6.18. The molecule has 0 amide bonds. The van der Waals surface area contributed by atoms with Crippen molar-refractivity contribution in [3.05, 3.63) is 76.8 Å². The molecule has 0 atom stereocenters. The number of hydrogen-bond acceptors (Lipinski definition) is 3. The van der Waals surface area contributed by atoms with E-state index < -0.39 is 5.75 Å². The molecule has 0 saturated carbocycles. The van der Waals surface area contributed by atoms with Gasteiger partial charge in [0.05, 0.1) is 0 Å². The lowest BCUT2D eigenvalue weighted by Gasteiger charge is -2.11. The van der Waals surface area contributed by atoms with Crippen molar-refractivity contribution in [2.45, 2.75) is 0 Å². The number of rotatable bonds is 2. The fourth-order valence-corrected chi connectivity index (χ4v) is 2.34. The quantitative estimate of drug-likeness (QED) is 0.529. The molecular formula is C17H10N2O2. The van der Waals surface area contributed by atoms with Crippen LogP contribution in [0.5, 0.6) is 5.75 Å². The Bertz CT molecular complexity index is 880. The summed E-state index contributed by atoms with van der Waals surface area (Å²) in [4.78, 5) is 15.6. The molecule has 0 N–H and O–H groups in total. The fourth-order valence-electron chi connectivity index (χ4n) is 2.34. The second-order valence-electron chi connectivity index (χ2n) is 4.61. The first kappa shape index (κ1) is 12.8. The van der Waals surface area contributed by atoms with E-state index >= 15 is 0 Å². The van der Waals surface area contributed by atoms with Crippen molar-refractivity contribution >= 4 is 22.2 Å². The Morgan fingerprint density at radius 3 is 2.24 bits per heavy atom. The van der Waals surface area contributed by atoms with Crippen molar-refractivity contribution < 1.29 is 9.90 Å². The Balaban J connectivity index is 2.31. The molecule has 0 aliphatic carbocycles. The molecule has 0 aliphatic rings. The van der Waals surface area contributed by atoms with Crippen molar-refractivity contribution in [3.8, 4) is 5.75 Å². The average molecular weight is 274 g/mol. The number of benzene rings is 3. The van der Waals surface area contributed by atoms with Gasteiger partial charge in [0.25, 0.3) is 0 Å². The number of carbonyl (C=O) groups is 1. The van der Waals surface area contributed by atoms with E-state index in [2.05, 4.69) is 4.98 Å². The minimum absolute atomic E-state index is 0.131. The lowest BCUT2D eigenvalue weighted by Crippen LogP contribution is -2.03. The van der Waals surface area contributed by atoms with Crippen LogP contribution in [-0.4, -0.2) is 5.78 Å². The van der Waals surface area contributed by atoms with E-state index in [1.165, 1.54) is 6.07 Å². The van der Waals surface area contributed by atoms with Gasteiger partial charge in [0.2, 0.25) is 5.39 Å². The van der Waals surface area contributed by atoms with Crippen LogP contribution in [0.3, 0.4) is 0 Å². The zero-order valence-corrected chi connectivity index (χ0v) is 11.0. The molecule has 4 nitrogen and oxygen atoms in total. The molecule has 0 fully saturated rings. The van der Waals surface area contributed by atoms with Crippen LogP contribution in [0.4, 0.5) is 5.69 Å². The Labute approximate surface area is 120 Å². The highest BCUT2D eigenvalue weighted by Gasteiger charge is 2.19. The van der Waals surface area contributed by atoms with Gasteiger partial charge >= 0.3 is 5.69 Å². The number of ketones is 1. The third kappa shape index (κ3) is 2.11. The largest absolute Gasteiger partial charge is 0.867 e. The van der Waals surface area contributed by atoms with Gasteiger partial charge < -0.3 is 5.11 Å². The van der Waals surface area contributed by atoms with Crippen molar-refractivity contribution in [2.75, 3.05) is 0 Å². The van der Waals surface area contributed by atoms with Gasteiger partial charge in [0.15, 0.2) is 10.8 Å². The lowest BCUT2D eigenvalue weighted by atomic mass is 9.96. The minimum atomic E-state index is -0.391. The van der Waals surface area contributed by atoms with E-state index in [-0.39, 0.29) is 11.5 Å². The Morgan fingerprint density at radius 2 is 1.57 bits per heavy atom. The topological polar surface area (TPSA) is 68.3 Å². The number of fused-ring (bicyclic) bond motifs is 1. The monoisotopic (exact) mass is 274 g/mol. The van der Waals surface area contributed by atoms with Gasteiger partial charge in [-0.2, -0.15) is 0 Å². The average Bonchev–Trinajstić information content (AvgIpc) is 2.56. The summed E-state index contributed by atoms with van der Waals surface area (Å²) >= 11 is 0. The first-order chi connectivity index (χ1) is 10.2. The zero-order valence-electron chi connectivity index (χ0n) is 11.0. The predicted molar refractivity (Wildman–Crippen MR) is 78.0 cm³/mol. The van der Waals surface area contributed by atoms with Gasteiger partial charge in [-0.3, -0.25) is 4.79 Å². The SMILES string of the molecule is N#[N+]c1cc(C(=O)c2ccccc2)c2ccccc2c1[O-]. The van der Waals surface area contributed by atoms with Gasteiger partial charge in [-0.15, -0.1) is 0 Å². The molecular weight excluding hydrogens is 264 g/mol. The predicted octanol–water partition coefficient (Wildman–Crippen LogP) is 3.63. The summed E-state index contributed by atoms with van der Waals surface area (Å²) in [6.07, 6.45) is 0. The molecule has 3 rings (SSSR count). The number of diazo groups is 1. The molecule has 0 saturated heterocycles. The van der Waals surface area contributed by atoms with Gasteiger partial charge in [0.1, 0.15) is 0 Å². The van der Waals surface area contributed by atoms with Crippen molar-refractivity contribution in [3.63, 3.8) is 0 Å². The van der Waals surface area contributed by atoms with Crippen LogP contribution in [-0.2, 0) is 0 Å². The van der Waals surface area contributed by atoms with Crippen molar-refractivity contribution in [2.24, 2.45) is 0 Å². The molecule has 0 aromatic heterocycles. The summed E-state index contributed by atoms with van der Waals surface area (Å²) in [5, 5.41) is 22.0. The summed E-state index contributed by atoms with van der Waals surface area (Å²) in [5.74, 6) is -0.602. The van der Waals surface area contributed by atoms with Crippen LogP contribution in [0.2, 0.25) is 0 Å². The molecule has 0 spiro atoms. The Morgan fingerprint density at radius 1 is 0.952 bits per heavy atom. The van der Waals surface area contributed by atoms with Gasteiger partial charge in [-0.1, -0.05) is 54.6 Å². The lowest BCUT2D eigenvalue weighted by molar-refractivity contribution is -0.264. The van der Waals surface area contributed by atoms with Crippen LogP contribution in [0.25, 0.3) is 15.7 Å². The third-order valence-corrected chi connectivity index (χ3v) is 3.36. The van der Waals surface area contributed by atoms with Gasteiger partial charge in [-0.05, 0) is 16.5 Å². The van der Waals surface area contributed by atoms with E-state index in [9.17, 15) is 9.90 Å². The van der Waals surface area contributed by atoms with Crippen LogP contribution >= 0.6 is 0 Å². The van der Waals surface area contributed by atoms with Crippen LogP contribution in [0.15, 0.2) is 60.7 Å². The van der Waals surface area contributed by atoms with Crippen LogP contribution < -0.4 is 5.11 Å². The minimum Gasteiger partial charge on any atom is -0.867 e. The Hall–Kier alpha value is -3.19. The number of carbonyl (C=O) groups excluding carboxylic acids is 1. The third-order valence-electron chi connectivity index (χ3n) is 3.36. The van der Waals surface area contributed by atoms with E-state index in [0.29, 0.717) is 21.9 Å². The van der Waals surface area contributed by atoms with E-state index in [4.69, 9.17) is 5.39 Å². The normalized spacial score (nSPS) is 10.2. The molecule has 3 aromatic carbocycles. The first-order valence-electron chi connectivity index (χ1n) is 6.40. The molecule has 0 radical (unpaired) electrons. The first-order valence-corrected chi connectivity index (χ1v) is 6.40. The highest BCUT2D eigenvalue weighted by Crippen LogP contribution is 2.35. The van der Waals surface area contributed by atoms with Crippen molar-refractivity contribution in [1.29, 1.82) is 5.39 Å². The summed E-state index contributed by atoms with van der Waals surface area (Å²) in [7, 11) is 0. The Kier molecular flexibility index (Phi) is 3.09. The fraction of sp³-hybridized carbons (Fsp3) is 0. The van der Waals surface area contributed by atoms with E-state index in [0.717, 1.165) is 0 Å². The second kappa shape index (κ2) is 5.06. The van der Waals surface area contributed by atoms with Gasteiger partial charge in [0, 0.05) is 17.2 Å². The standard InChI is InChI=1S/C17H10N2O2/c18-19-15-10-14(16(20)11-6-2-1-3-7-11)12-8-4-5-9-13(12)17(15)21/h1-10H. The van der Waals surface area contributed by atoms with Crippen molar-refractivity contribution in [1.82, 2.24) is 0 Å². The maximum absolute atomic E-state index is 12.6. The second-order valence-corrected chi connectivity index (χ2v) is 4.61. The molecule has 21 heavy (non-hydrogen) atoms. The van der Waals surface area contributed by atoms with E-state index in [1.807, 2.05) is 6.07 Å². The summed E-state index contributed by atoms with van der Waals surface area (Å²) in [5.41, 5.74) is 0.738. The molecule has 0 bridgehead atoms. The molecule has 0 unspecified atom stereocenters. The summed E-state index contributed by atoms with van der Waals surface area (Å²) < 4.78 is 0. The maximum Gasteiger partial charge on any atom is 0.378 e.